The van der Waals surface area contributed by atoms with Gasteiger partial charge in [0.1, 0.15) is 6.54 Å². The van der Waals surface area contributed by atoms with Crippen molar-refractivity contribution in [3.8, 4) is 0 Å². The van der Waals surface area contributed by atoms with Crippen LogP contribution in [-0.4, -0.2) is 35.3 Å². The fourth-order valence-electron chi connectivity index (χ4n) is 2.10. The summed E-state index contributed by atoms with van der Waals surface area (Å²) < 4.78 is 0.872. The average Bonchev–Trinajstić information content (AvgIpc) is 2.88. The zero-order chi connectivity index (χ0) is 15.8. The van der Waals surface area contributed by atoms with Crippen LogP contribution in [0.15, 0.2) is 15.9 Å². The zero-order valence-electron chi connectivity index (χ0n) is 11.9. The van der Waals surface area contributed by atoms with Gasteiger partial charge in [0.25, 0.3) is 5.91 Å². The number of carbonyl (C=O) groups excluding carboxylic acids is 3. The van der Waals surface area contributed by atoms with E-state index in [0.717, 1.165) is 13.6 Å². The van der Waals surface area contributed by atoms with Crippen molar-refractivity contribution < 1.29 is 14.4 Å². The van der Waals surface area contributed by atoms with E-state index in [2.05, 4.69) is 26.6 Å². The lowest BCUT2D eigenvalue weighted by molar-refractivity contribution is -0.134. The Morgan fingerprint density at radius 3 is 2.67 bits per heavy atom. The minimum Gasteiger partial charge on any atom is -0.352 e. The molecule has 1 aliphatic rings. The highest BCUT2D eigenvalue weighted by Gasteiger charge is 2.50. The molecule has 21 heavy (non-hydrogen) atoms. The number of halogens is 1. The van der Waals surface area contributed by atoms with Gasteiger partial charge in [-0.3, -0.25) is 14.5 Å². The second kappa shape index (κ2) is 5.76. The molecule has 1 aliphatic heterocycles. The molecule has 1 aromatic heterocycles. The summed E-state index contributed by atoms with van der Waals surface area (Å²) >= 11 is 4.71. The first-order chi connectivity index (χ1) is 9.74. The van der Waals surface area contributed by atoms with E-state index in [-0.39, 0.29) is 18.5 Å². The quantitative estimate of drug-likeness (QED) is 0.789. The molecule has 8 heteroatoms. The van der Waals surface area contributed by atoms with Gasteiger partial charge in [0, 0.05) is 10.9 Å². The molecule has 1 unspecified atom stereocenters. The van der Waals surface area contributed by atoms with Gasteiger partial charge in [-0.2, -0.15) is 0 Å². The van der Waals surface area contributed by atoms with Crippen LogP contribution >= 0.6 is 27.3 Å². The molecule has 0 spiro atoms. The Hall–Kier alpha value is -1.41. The average molecular weight is 374 g/mol. The standard InChI is InChI=1S/C13H16BrN3O3S/c1-7(2)15-10(18)6-17-11(19)13(3,16-12(17)20)8-4-5-9(14)21-8/h4-5,7H,6H2,1-3H3,(H,15,18)(H,16,20). The van der Waals surface area contributed by atoms with Crippen molar-refractivity contribution in [1.82, 2.24) is 15.5 Å². The van der Waals surface area contributed by atoms with E-state index in [4.69, 9.17) is 0 Å². The number of nitrogens with one attached hydrogen (secondary N) is 2. The molecule has 2 rings (SSSR count). The zero-order valence-corrected chi connectivity index (χ0v) is 14.3. The van der Waals surface area contributed by atoms with Crippen LogP contribution in [0.25, 0.3) is 0 Å². The van der Waals surface area contributed by atoms with Crippen molar-refractivity contribution in [2.24, 2.45) is 0 Å². The van der Waals surface area contributed by atoms with Gasteiger partial charge < -0.3 is 10.6 Å². The number of amides is 4. The van der Waals surface area contributed by atoms with E-state index in [9.17, 15) is 14.4 Å². The van der Waals surface area contributed by atoms with Crippen molar-refractivity contribution in [3.63, 3.8) is 0 Å². The summed E-state index contributed by atoms with van der Waals surface area (Å²) in [5, 5.41) is 5.33. The number of carbonyl (C=O) groups is 3. The maximum Gasteiger partial charge on any atom is 0.325 e. The maximum absolute atomic E-state index is 12.5. The first-order valence-corrected chi connectivity index (χ1v) is 8.04. The molecule has 1 aromatic rings. The SMILES string of the molecule is CC(C)NC(=O)CN1C(=O)NC(C)(c2ccc(Br)s2)C1=O. The van der Waals surface area contributed by atoms with Crippen molar-refractivity contribution >= 4 is 45.1 Å². The second-order valence-corrected chi connectivity index (χ2v) is 7.74. The lowest BCUT2D eigenvalue weighted by Gasteiger charge is -2.20. The lowest BCUT2D eigenvalue weighted by atomic mass is 10.0. The largest absolute Gasteiger partial charge is 0.352 e. The molecule has 1 atom stereocenters. The van der Waals surface area contributed by atoms with Crippen LogP contribution in [0.1, 0.15) is 25.6 Å². The molecule has 0 bridgehead atoms. The summed E-state index contributed by atoms with van der Waals surface area (Å²) in [4.78, 5) is 38.0. The van der Waals surface area contributed by atoms with Crippen molar-refractivity contribution in [3.05, 3.63) is 20.8 Å². The Morgan fingerprint density at radius 1 is 1.48 bits per heavy atom. The molecule has 0 radical (unpaired) electrons. The van der Waals surface area contributed by atoms with Gasteiger partial charge in [0.15, 0.2) is 5.54 Å². The van der Waals surface area contributed by atoms with Crippen LogP contribution in [-0.2, 0) is 15.1 Å². The molecule has 6 nitrogen and oxygen atoms in total. The highest BCUT2D eigenvalue weighted by molar-refractivity contribution is 9.11. The number of hydrogen-bond donors (Lipinski definition) is 2. The molecule has 0 aromatic carbocycles. The van der Waals surface area contributed by atoms with E-state index in [1.54, 1.807) is 13.0 Å². The van der Waals surface area contributed by atoms with Gasteiger partial charge >= 0.3 is 6.03 Å². The summed E-state index contributed by atoms with van der Waals surface area (Å²) in [7, 11) is 0. The molecule has 0 saturated carbocycles. The first kappa shape index (κ1) is 16.0. The summed E-state index contributed by atoms with van der Waals surface area (Å²) in [6.07, 6.45) is 0. The number of urea groups is 1. The van der Waals surface area contributed by atoms with Gasteiger partial charge in [-0.1, -0.05) is 0 Å². The van der Waals surface area contributed by atoms with Crippen molar-refractivity contribution in [2.75, 3.05) is 6.54 Å². The summed E-state index contributed by atoms with van der Waals surface area (Å²) in [5.41, 5.74) is -1.12. The molecular formula is C13H16BrN3O3S. The van der Waals surface area contributed by atoms with Crippen LogP contribution in [0.5, 0.6) is 0 Å². The molecule has 1 fully saturated rings. The van der Waals surface area contributed by atoms with Gasteiger partial charge in [0.05, 0.1) is 3.79 Å². The minimum atomic E-state index is -1.12. The van der Waals surface area contributed by atoms with E-state index >= 15 is 0 Å². The van der Waals surface area contributed by atoms with E-state index in [1.807, 2.05) is 19.9 Å². The maximum atomic E-state index is 12.5. The van der Waals surface area contributed by atoms with E-state index in [0.29, 0.717) is 0 Å². The number of hydrogen-bond acceptors (Lipinski definition) is 4. The molecule has 1 saturated heterocycles. The Balaban J connectivity index is 2.18. The van der Waals surface area contributed by atoms with Gasteiger partial charge in [-0.15, -0.1) is 11.3 Å². The third kappa shape index (κ3) is 3.11. The highest BCUT2D eigenvalue weighted by atomic mass is 79.9. The summed E-state index contributed by atoms with van der Waals surface area (Å²) in [6.45, 7) is 5.00. The number of nitrogens with zero attached hydrogens (tertiary/aromatic N) is 1. The molecule has 2 N–H and O–H groups in total. The third-order valence-electron chi connectivity index (χ3n) is 3.09. The van der Waals surface area contributed by atoms with Crippen molar-refractivity contribution in [2.45, 2.75) is 32.4 Å². The summed E-state index contributed by atoms with van der Waals surface area (Å²) in [6, 6.07) is 3.01. The van der Waals surface area contributed by atoms with Gasteiger partial charge in [-0.25, -0.2) is 4.79 Å². The van der Waals surface area contributed by atoms with E-state index in [1.165, 1.54) is 11.3 Å². The topological polar surface area (TPSA) is 78.5 Å². The normalized spacial score (nSPS) is 21.9. The van der Waals surface area contributed by atoms with Crippen LogP contribution in [0.2, 0.25) is 0 Å². The first-order valence-electron chi connectivity index (χ1n) is 6.43. The number of thiophene rings is 1. The molecule has 4 amide bonds. The molecular weight excluding hydrogens is 358 g/mol. The molecule has 2 heterocycles. The second-order valence-electron chi connectivity index (χ2n) is 5.27. The van der Waals surface area contributed by atoms with Crippen molar-refractivity contribution in [1.29, 1.82) is 0 Å². The fourth-order valence-corrected chi connectivity index (χ4v) is 3.58. The predicted octanol–water partition coefficient (Wildman–Crippen LogP) is 1.80. The van der Waals surface area contributed by atoms with Gasteiger partial charge in [0.2, 0.25) is 5.91 Å². The van der Waals surface area contributed by atoms with E-state index < -0.39 is 17.5 Å². The molecule has 0 aliphatic carbocycles. The Morgan fingerprint density at radius 2 is 2.14 bits per heavy atom. The monoisotopic (exact) mass is 373 g/mol. The van der Waals surface area contributed by atoms with Crippen LogP contribution in [0, 0.1) is 0 Å². The third-order valence-corrected chi connectivity index (χ3v) is 4.94. The Kier molecular flexibility index (Phi) is 4.38. The summed E-state index contributed by atoms with van der Waals surface area (Å²) in [5.74, 6) is -0.772. The highest BCUT2D eigenvalue weighted by Crippen LogP contribution is 2.35. The van der Waals surface area contributed by atoms with Crippen LogP contribution < -0.4 is 10.6 Å². The Bertz CT molecular complexity index is 601. The fraction of sp³-hybridized carbons (Fsp3) is 0.462. The molecule has 114 valence electrons. The Labute approximate surface area is 135 Å². The number of rotatable bonds is 4. The predicted molar refractivity (Wildman–Crippen MR) is 82.9 cm³/mol. The van der Waals surface area contributed by atoms with Gasteiger partial charge in [-0.05, 0) is 48.8 Å². The van der Waals surface area contributed by atoms with Crippen LogP contribution in [0.3, 0.4) is 0 Å². The number of imide groups is 1. The smallest absolute Gasteiger partial charge is 0.325 e. The van der Waals surface area contributed by atoms with Crippen LogP contribution in [0.4, 0.5) is 4.79 Å². The minimum absolute atomic E-state index is 0.0436. The lowest BCUT2D eigenvalue weighted by Crippen LogP contribution is -2.44.